The van der Waals surface area contributed by atoms with Gasteiger partial charge in [-0.25, -0.2) is 0 Å². The molecule has 0 saturated heterocycles. The normalized spacial score (nSPS) is 10.8. The Bertz CT molecular complexity index is 978. The molecular formula is C23H18Br2O3. The van der Waals surface area contributed by atoms with Crippen molar-refractivity contribution < 1.29 is 14.3 Å². The molecule has 0 aromatic heterocycles. The van der Waals surface area contributed by atoms with E-state index in [-0.39, 0.29) is 5.78 Å². The number of carbonyl (C=O) groups is 1. The first-order valence-corrected chi connectivity index (χ1v) is 10.2. The molecule has 0 aliphatic rings. The third-order valence-corrected chi connectivity index (χ3v) is 5.13. The molecule has 0 bridgehead atoms. The van der Waals surface area contributed by atoms with Gasteiger partial charge in [-0.05, 0) is 72.3 Å². The number of hydrogen-bond donors (Lipinski definition) is 0. The fraction of sp³-hybridized carbons (Fsp3) is 0.0870. The first-order valence-electron chi connectivity index (χ1n) is 8.58. The fourth-order valence-electron chi connectivity index (χ4n) is 2.59. The molecule has 0 aliphatic carbocycles. The summed E-state index contributed by atoms with van der Waals surface area (Å²) in [6.45, 7) is 0.368. The smallest absolute Gasteiger partial charge is 0.185 e. The van der Waals surface area contributed by atoms with Gasteiger partial charge < -0.3 is 9.47 Å². The fourth-order valence-corrected chi connectivity index (χ4v) is 3.12. The summed E-state index contributed by atoms with van der Waals surface area (Å²) in [4.78, 5) is 12.3. The number of halogens is 2. The van der Waals surface area contributed by atoms with E-state index in [0.29, 0.717) is 12.2 Å². The van der Waals surface area contributed by atoms with Crippen LogP contribution in [0, 0.1) is 0 Å². The number of ether oxygens (including phenoxy) is 2. The van der Waals surface area contributed by atoms with Crippen LogP contribution in [0.25, 0.3) is 6.08 Å². The van der Waals surface area contributed by atoms with Crippen molar-refractivity contribution in [2.24, 2.45) is 0 Å². The molecule has 28 heavy (non-hydrogen) atoms. The lowest BCUT2D eigenvalue weighted by Crippen LogP contribution is -1.99. The molecule has 0 unspecified atom stereocenters. The van der Waals surface area contributed by atoms with E-state index in [4.69, 9.17) is 9.47 Å². The van der Waals surface area contributed by atoms with Crippen LogP contribution in [0.1, 0.15) is 21.5 Å². The summed E-state index contributed by atoms with van der Waals surface area (Å²) in [5.74, 6) is 1.47. The molecule has 0 amide bonds. The third kappa shape index (κ3) is 5.57. The van der Waals surface area contributed by atoms with Gasteiger partial charge in [-0.1, -0.05) is 44.0 Å². The Morgan fingerprint density at radius 1 is 0.929 bits per heavy atom. The van der Waals surface area contributed by atoms with Crippen LogP contribution < -0.4 is 9.47 Å². The van der Waals surface area contributed by atoms with E-state index in [0.717, 1.165) is 31.6 Å². The summed E-state index contributed by atoms with van der Waals surface area (Å²) in [5.41, 5.74) is 2.45. The van der Waals surface area contributed by atoms with Gasteiger partial charge >= 0.3 is 0 Å². The third-order valence-electron chi connectivity index (χ3n) is 4.07. The number of rotatable bonds is 7. The molecule has 0 aliphatic heterocycles. The SMILES string of the molecule is COc1ccc(/C=C/C(=O)c2ccc(Br)cc2)cc1COc1ccc(Br)cc1. The van der Waals surface area contributed by atoms with Crippen molar-refractivity contribution in [2.75, 3.05) is 7.11 Å². The first kappa shape index (κ1) is 20.4. The zero-order chi connectivity index (χ0) is 19.9. The standard InChI is InChI=1S/C23H18Br2O3/c1-27-23-13-3-16(2-12-22(26)17-4-6-19(24)7-5-17)14-18(23)15-28-21-10-8-20(25)9-11-21/h2-14H,15H2,1H3/b12-2+. The molecule has 0 spiro atoms. The van der Waals surface area contributed by atoms with Crippen LogP contribution in [0.4, 0.5) is 0 Å². The van der Waals surface area contributed by atoms with Crippen LogP contribution in [0.5, 0.6) is 11.5 Å². The van der Waals surface area contributed by atoms with Gasteiger partial charge in [0.1, 0.15) is 18.1 Å². The summed E-state index contributed by atoms with van der Waals surface area (Å²) in [7, 11) is 1.63. The second-order valence-electron chi connectivity index (χ2n) is 6.02. The van der Waals surface area contributed by atoms with E-state index in [1.54, 1.807) is 31.4 Å². The first-order chi connectivity index (χ1) is 13.5. The Kier molecular flexibility index (Phi) is 7.06. The van der Waals surface area contributed by atoms with Crippen LogP contribution in [-0.4, -0.2) is 12.9 Å². The molecule has 0 N–H and O–H groups in total. The Morgan fingerprint density at radius 3 is 2.21 bits per heavy atom. The topological polar surface area (TPSA) is 35.5 Å². The summed E-state index contributed by atoms with van der Waals surface area (Å²) < 4.78 is 13.2. The van der Waals surface area contributed by atoms with Crippen LogP contribution in [0.15, 0.2) is 81.8 Å². The van der Waals surface area contributed by atoms with Crippen LogP contribution in [0.3, 0.4) is 0 Å². The van der Waals surface area contributed by atoms with Crippen molar-refractivity contribution in [3.8, 4) is 11.5 Å². The van der Waals surface area contributed by atoms with Gasteiger partial charge in [0.2, 0.25) is 0 Å². The second-order valence-corrected chi connectivity index (χ2v) is 7.85. The van der Waals surface area contributed by atoms with Crippen LogP contribution in [0.2, 0.25) is 0 Å². The molecule has 3 aromatic rings. The van der Waals surface area contributed by atoms with E-state index in [1.807, 2.05) is 54.6 Å². The number of hydrogen-bond acceptors (Lipinski definition) is 3. The van der Waals surface area contributed by atoms with Gasteiger partial charge in [0.05, 0.1) is 7.11 Å². The van der Waals surface area contributed by atoms with E-state index >= 15 is 0 Å². The molecule has 0 fully saturated rings. The number of benzene rings is 3. The highest BCUT2D eigenvalue weighted by molar-refractivity contribution is 9.10. The van der Waals surface area contributed by atoms with E-state index in [9.17, 15) is 4.79 Å². The maximum atomic E-state index is 12.3. The largest absolute Gasteiger partial charge is 0.496 e. The van der Waals surface area contributed by atoms with Gasteiger partial charge in [-0.2, -0.15) is 0 Å². The minimum absolute atomic E-state index is 0.0454. The average molecular weight is 502 g/mol. The number of ketones is 1. The van der Waals surface area contributed by atoms with Gasteiger partial charge in [-0.3, -0.25) is 4.79 Å². The van der Waals surface area contributed by atoms with Gasteiger partial charge in [0.25, 0.3) is 0 Å². The summed E-state index contributed by atoms with van der Waals surface area (Å²) in [6, 6.07) is 20.7. The Hall–Kier alpha value is -2.37. The van der Waals surface area contributed by atoms with Crippen LogP contribution in [-0.2, 0) is 6.61 Å². The lowest BCUT2D eigenvalue weighted by molar-refractivity contribution is 0.104. The minimum atomic E-state index is -0.0454. The van der Waals surface area contributed by atoms with Gasteiger partial charge in [0, 0.05) is 20.1 Å². The highest BCUT2D eigenvalue weighted by atomic mass is 79.9. The second kappa shape index (κ2) is 9.71. The van der Waals surface area contributed by atoms with Crippen molar-refractivity contribution in [1.82, 2.24) is 0 Å². The van der Waals surface area contributed by atoms with Gasteiger partial charge in [-0.15, -0.1) is 0 Å². The van der Waals surface area contributed by atoms with Crippen molar-refractivity contribution in [3.63, 3.8) is 0 Å². The van der Waals surface area contributed by atoms with E-state index in [2.05, 4.69) is 31.9 Å². The number of carbonyl (C=O) groups excluding carboxylic acids is 1. The predicted octanol–water partition coefficient (Wildman–Crippen LogP) is 6.70. The predicted molar refractivity (Wildman–Crippen MR) is 119 cm³/mol. The molecule has 142 valence electrons. The van der Waals surface area contributed by atoms with Crippen LogP contribution >= 0.6 is 31.9 Å². The minimum Gasteiger partial charge on any atom is -0.496 e. The maximum absolute atomic E-state index is 12.3. The van der Waals surface area contributed by atoms with E-state index < -0.39 is 0 Å². The quantitative estimate of drug-likeness (QED) is 0.267. The Balaban J connectivity index is 1.73. The Morgan fingerprint density at radius 2 is 1.57 bits per heavy atom. The summed E-state index contributed by atoms with van der Waals surface area (Å²) in [6.07, 6.45) is 3.37. The molecular weight excluding hydrogens is 484 g/mol. The highest BCUT2D eigenvalue weighted by Crippen LogP contribution is 2.24. The van der Waals surface area contributed by atoms with Crippen molar-refractivity contribution in [2.45, 2.75) is 6.61 Å². The zero-order valence-corrected chi connectivity index (χ0v) is 18.4. The van der Waals surface area contributed by atoms with Gasteiger partial charge in [0.15, 0.2) is 5.78 Å². The summed E-state index contributed by atoms with van der Waals surface area (Å²) >= 11 is 6.78. The molecule has 0 atom stereocenters. The lowest BCUT2D eigenvalue weighted by atomic mass is 10.1. The highest BCUT2D eigenvalue weighted by Gasteiger charge is 2.06. The molecule has 3 aromatic carbocycles. The molecule has 0 saturated carbocycles. The molecule has 0 heterocycles. The summed E-state index contributed by atoms with van der Waals surface area (Å²) in [5, 5.41) is 0. The number of methoxy groups -OCH3 is 1. The van der Waals surface area contributed by atoms with Crippen molar-refractivity contribution in [1.29, 1.82) is 0 Å². The molecule has 3 rings (SSSR count). The van der Waals surface area contributed by atoms with E-state index in [1.165, 1.54) is 0 Å². The monoisotopic (exact) mass is 500 g/mol. The number of allylic oxidation sites excluding steroid dienone is 1. The lowest BCUT2D eigenvalue weighted by Gasteiger charge is -2.11. The zero-order valence-electron chi connectivity index (χ0n) is 15.2. The molecule has 5 heteroatoms. The van der Waals surface area contributed by atoms with Crippen molar-refractivity contribution in [3.05, 3.63) is 98.4 Å². The van der Waals surface area contributed by atoms with Crippen molar-refractivity contribution >= 4 is 43.7 Å². The molecule has 0 radical (unpaired) electrons. The average Bonchev–Trinajstić information content (AvgIpc) is 2.72. The maximum Gasteiger partial charge on any atom is 0.185 e. The molecule has 3 nitrogen and oxygen atoms in total. The Labute approximate surface area is 181 Å².